The number of carbonyl (C=O) groups excluding carboxylic acids is 1. The average molecular weight is 753 g/mol. The first-order valence-corrected chi connectivity index (χ1v) is 14.5. The zero-order valence-corrected chi connectivity index (χ0v) is 28.7. The first-order valence-electron chi connectivity index (χ1n) is 14.5. The third-order valence-corrected chi connectivity index (χ3v) is 7.28. The molecule has 0 unspecified atom stereocenters. The second-order valence-electron chi connectivity index (χ2n) is 10.7. The van der Waals surface area contributed by atoms with Gasteiger partial charge in [0, 0.05) is 22.3 Å². The lowest BCUT2D eigenvalue weighted by Gasteiger charge is -2.08. The van der Waals surface area contributed by atoms with Crippen LogP contribution in [0.1, 0.15) is 31.8 Å². The molecule has 0 saturated heterocycles. The van der Waals surface area contributed by atoms with Gasteiger partial charge in [0.15, 0.2) is 0 Å². The number of carbonyl (C=O) groups is 2. The minimum Gasteiger partial charge on any atom is -0.478 e. The summed E-state index contributed by atoms with van der Waals surface area (Å²) in [6.45, 7) is 4.04. The van der Waals surface area contributed by atoms with E-state index in [1.165, 1.54) is 12.7 Å². The quantitative estimate of drug-likeness (QED) is 0.114. The molecule has 0 aliphatic rings. The monoisotopic (exact) mass is 752 g/mol. The highest BCUT2D eigenvalue weighted by Gasteiger charge is 2.12. The van der Waals surface area contributed by atoms with Crippen molar-refractivity contribution in [1.29, 1.82) is 0 Å². The molecule has 10 nitrogen and oxygen atoms in total. The maximum absolute atomic E-state index is 11.5. The van der Waals surface area contributed by atoms with Gasteiger partial charge in [-0.15, -0.1) is 24.0 Å². The minimum absolute atomic E-state index is 0. The fourth-order valence-corrected chi connectivity index (χ4v) is 4.60. The van der Waals surface area contributed by atoms with Crippen LogP contribution in [0.15, 0.2) is 109 Å². The van der Waals surface area contributed by atoms with Gasteiger partial charge in [-0.25, -0.2) is 29.5 Å². The summed E-state index contributed by atoms with van der Waals surface area (Å²) >= 11 is 0. The first kappa shape index (κ1) is 35.2. The second-order valence-corrected chi connectivity index (χ2v) is 10.7. The number of ether oxygens (including phenoxy) is 1. The Kier molecular flexibility index (Phi) is 11.5. The summed E-state index contributed by atoms with van der Waals surface area (Å²) in [5, 5.41) is 8.95. The topological polar surface area (TPSA) is 167 Å². The second kappa shape index (κ2) is 15.7. The van der Waals surface area contributed by atoms with Gasteiger partial charge in [-0.2, -0.15) is 0 Å². The summed E-state index contributed by atoms with van der Waals surface area (Å²) < 4.78 is 4.70. The van der Waals surface area contributed by atoms with Crippen LogP contribution in [-0.4, -0.2) is 44.1 Å². The SMILES string of the molecule is COC(=O)c1ccc(-c2cnc(N)c(-c3ccc(C)cc3)n2)cc1.Cc1ccc(-c2nc(-c3ccc(C(=O)O)cc3)cnc2N)cc1.I. The van der Waals surface area contributed by atoms with Gasteiger partial charge in [0.1, 0.15) is 23.0 Å². The van der Waals surface area contributed by atoms with Crippen LogP contribution in [0.25, 0.3) is 45.0 Å². The van der Waals surface area contributed by atoms with Gasteiger partial charge in [-0.3, -0.25) is 0 Å². The van der Waals surface area contributed by atoms with Crippen LogP contribution in [0.3, 0.4) is 0 Å². The van der Waals surface area contributed by atoms with Gasteiger partial charge in [-0.05, 0) is 38.1 Å². The molecule has 11 heteroatoms. The van der Waals surface area contributed by atoms with Crippen LogP contribution < -0.4 is 11.5 Å². The van der Waals surface area contributed by atoms with Gasteiger partial charge >= 0.3 is 11.9 Å². The van der Waals surface area contributed by atoms with Crippen molar-refractivity contribution in [2.75, 3.05) is 18.6 Å². The van der Waals surface area contributed by atoms with E-state index in [2.05, 4.69) is 19.9 Å². The number of nitrogen functional groups attached to an aromatic ring is 2. The summed E-state index contributed by atoms with van der Waals surface area (Å²) in [5.74, 6) is -0.584. The van der Waals surface area contributed by atoms with Crippen molar-refractivity contribution in [1.82, 2.24) is 19.9 Å². The molecule has 6 rings (SSSR count). The molecule has 242 valence electrons. The van der Waals surface area contributed by atoms with Gasteiger partial charge in [0.25, 0.3) is 0 Å². The van der Waals surface area contributed by atoms with E-state index >= 15 is 0 Å². The van der Waals surface area contributed by atoms with Gasteiger partial charge < -0.3 is 21.3 Å². The molecular formula is C37H33IN6O4. The largest absolute Gasteiger partial charge is 0.478 e. The van der Waals surface area contributed by atoms with E-state index in [1.54, 1.807) is 48.8 Å². The molecule has 0 saturated carbocycles. The third-order valence-electron chi connectivity index (χ3n) is 7.28. The Hall–Kier alpha value is -5.69. The molecule has 0 bridgehead atoms. The van der Waals surface area contributed by atoms with E-state index in [-0.39, 0.29) is 35.5 Å². The molecule has 48 heavy (non-hydrogen) atoms. The Morgan fingerprint density at radius 2 is 0.938 bits per heavy atom. The van der Waals surface area contributed by atoms with Crippen molar-refractivity contribution < 1.29 is 19.4 Å². The molecule has 6 aromatic rings. The van der Waals surface area contributed by atoms with Crippen molar-refractivity contribution in [3.05, 3.63) is 132 Å². The number of nitrogens with two attached hydrogens (primary N) is 2. The highest BCUT2D eigenvalue weighted by molar-refractivity contribution is 14.0. The van der Waals surface area contributed by atoms with Crippen LogP contribution >= 0.6 is 24.0 Å². The fraction of sp³-hybridized carbons (Fsp3) is 0.0811. The third kappa shape index (κ3) is 8.36. The minimum atomic E-state index is -0.958. The van der Waals surface area contributed by atoms with Crippen molar-refractivity contribution in [2.24, 2.45) is 0 Å². The number of carboxylic acid groups (broad SMARTS) is 1. The van der Waals surface area contributed by atoms with E-state index in [0.717, 1.165) is 27.8 Å². The predicted octanol–water partition coefficient (Wildman–Crippen LogP) is 7.51. The molecule has 0 amide bonds. The molecule has 2 aromatic heterocycles. The number of aryl methyl sites for hydroxylation is 2. The summed E-state index contributed by atoms with van der Waals surface area (Å²) in [5.41, 5.74) is 21.0. The lowest BCUT2D eigenvalue weighted by Crippen LogP contribution is -2.01. The van der Waals surface area contributed by atoms with E-state index < -0.39 is 5.97 Å². The number of anilines is 2. The maximum atomic E-state index is 11.5. The molecule has 2 heterocycles. The van der Waals surface area contributed by atoms with Crippen LogP contribution in [0.4, 0.5) is 11.6 Å². The highest BCUT2D eigenvalue weighted by Crippen LogP contribution is 2.28. The molecule has 4 aromatic carbocycles. The number of hydrogen-bond acceptors (Lipinski definition) is 9. The highest BCUT2D eigenvalue weighted by atomic mass is 127. The van der Waals surface area contributed by atoms with Crippen molar-refractivity contribution in [2.45, 2.75) is 13.8 Å². The van der Waals surface area contributed by atoms with Crippen LogP contribution in [-0.2, 0) is 4.74 Å². The molecule has 0 fully saturated rings. The summed E-state index contributed by atoms with van der Waals surface area (Å²) in [6, 6.07) is 29.4. The summed E-state index contributed by atoms with van der Waals surface area (Å²) in [4.78, 5) is 40.1. The maximum Gasteiger partial charge on any atom is 0.337 e. The van der Waals surface area contributed by atoms with E-state index in [4.69, 9.17) is 21.3 Å². The van der Waals surface area contributed by atoms with Gasteiger partial charge in [0.05, 0.1) is 42.0 Å². The number of hydrogen-bond donors (Lipinski definition) is 3. The first-order chi connectivity index (χ1) is 22.6. The number of aromatic nitrogens is 4. The van der Waals surface area contributed by atoms with Gasteiger partial charge in [0.2, 0.25) is 0 Å². The number of benzene rings is 4. The molecule has 5 N–H and O–H groups in total. The molecule has 0 aliphatic heterocycles. The number of rotatable bonds is 6. The normalized spacial score (nSPS) is 10.2. The van der Waals surface area contributed by atoms with E-state index in [1.807, 2.05) is 74.5 Å². The fourth-order valence-electron chi connectivity index (χ4n) is 4.60. The van der Waals surface area contributed by atoms with Crippen molar-refractivity contribution in [3.8, 4) is 45.0 Å². The lowest BCUT2D eigenvalue weighted by molar-refractivity contribution is 0.0599. The zero-order valence-electron chi connectivity index (χ0n) is 26.4. The van der Waals surface area contributed by atoms with Crippen molar-refractivity contribution >= 4 is 47.6 Å². The number of halogens is 1. The summed E-state index contributed by atoms with van der Waals surface area (Å²) in [6.07, 6.45) is 3.21. The molecule has 0 radical (unpaired) electrons. The zero-order chi connectivity index (χ0) is 33.5. The van der Waals surface area contributed by atoms with Gasteiger partial charge in [-0.1, -0.05) is 83.9 Å². The molecule has 0 spiro atoms. The standard InChI is InChI=1S/C19H17N3O2.C18H15N3O2.HI/c1-12-3-5-14(6-4-12)17-18(20)21-11-16(22-17)13-7-9-15(10-8-13)19(23)24-2;1-11-2-4-13(5-3-11)16-17(19)20-10-15(21-16)12-6-8-14(9-7-12)18(22)23;/h3-11H,1-2H3,(H2,20,21);2-10H,1H3,(H2,19,20)(H,22,23);1H. The molecular weight excluding hydrogens is 719 g/mol. The predicted molar refractivity (Wildman–Crippen MR) is 198 cm³/mol. The van der Waals surface area contributed by atoms with Crippen LogP contribution in [0.5, 0.6) is 0 Å². The summed E-state index contributed by atoms with van der Waals surface area (Å²) in [7, 11) is 1.36. The Labute approximate surface area is 294 Å². The Morgan fingerprint density at radius 1 is 0.583 bits per heavy atom. The molecule has 0 aliphatic carbocycles. The van der Waals surface area contributed by atoms with E-state index in [9.17, 15) is 9.59 Å². The average Bonchev–Trinajstić information content (AvgIpc) is 3.10. The number of esters is 1. The number of nitrogens with zero attached hydrogens (tertiary/aromatic N) is 4. The van der Waals surface area contributed by atoms with Crippen molar-refractivity contribution in [3.63, 3.8) is 0 Å². The Balaban J connectivity index is 0.000000212. The number of methoxy groups -OCH3 is 1. The van der Waals surface area contributed by atoms with Crippen LogP contribution in [0.2, 0.25) is 0 Å². The van der Waals surface area contributed by atoms with Crippen LogP contribution in [0, 0.1) is 13.8 Å². The Bertz CT molecular complexity index is 2030. The Morgan fingerprint density at radius 3 is 1.29 bits per heavy atom. The molecule has 0 atom stereocenters. The lowest BCUT2D eigenvalue weighted by atomic mass is 10.1. The number of carboxylic acids is 1. The smallest absolute Gasteiger partial charge is 0.337 e. The van der Waals surface area contributed by atoms with E-state index in [0.29, 0.717) is 40.0 Å². The number of aromatic carboxylic acids is 1.